The average molecular weight is 473 g/mol. The highest BCUT2D eigenvalue weighted by Crippen LogP contribution is 2.26. The molecule has 1 aliphatic heterocycles. The largest absolute Gasteiger partial charge is 0.378 e. The third-order valence-corrected chi connectivity index (χ3v) is 6.29. The minimum absolute atomic E-state index is 0.0537. The van der Waals surface area contributed by atoms with Gasteiger partial charge in [-0.3, -0.25) is 9.59 Å². The van der Waals surface area contributed by atoms with E-state index in [0.29, 0.717) is 16.9 Å². The second-order valence-corrected chi connectivity index (χ2v) is 8.77. The van der Waals surface area contributed by atoms with Gasteiger partial charge < -0.3 is 25.2 Å². The lowest BCUT2D eigenvalue weighted by Gasteiger charge is -2.28. The predicted octanol–water partition coefficient (Wildman–Crippen LogP) is 4.59. The number of amides is 2. The number of rotatable bonds is 7. The first kappa shape index (κ1) is 24.3. The van der Waals surface area contributed by atoms with Crippen molar-refractivity contribution in [2.45, 2.75) is 13.8 Å². The van der Waals surface area contributed by atoms with Crippen LogP contribution in [0.4, 0.5) is 22.7 Å². The van der Waals surface area contributed by atoms with Gasteiger partial charge in [-0.05, 0) is 67.4 Å². The number of para-hydroxylation sites is 1. The molecule has 0 aromatic heterocycles. The third kappa shape index (κ3) is 6.00. The lowest BCUT2D eigenvalue weighted by Crippen LogP contribution is -2.36. The summed E-state index contributed by atoms with van der Waals surface area (Å²) in [5.41, 5.74) is 6.27. The van der Waals surface area contributed by atoms with Gasteiger partial charge in [-0.2, -0.15) is 0 Å². The van der Waals surface area contributed by atoms with Crippen molar-refractivity contribution in [2.75, 3.05) is 55.4 Å². The molecule has 4 rings (SSSR count). The highest BCUT2D eigenvalue weighted by molar-refractivity contribution is 6.03. The first-order valence-corrected chi connectivity index (χ1v) is 11.8. The quantitative estimate of drug-likeness (QED) is 0.526. The maximum Gasteiger partial charge on any atom is 0.256 e. The molecule has 35 heavy (non-hydrogen) atoms. The van der Waals surface area contributed by atoms with Crippen molar-refractivity contribution >= 4 is 34.6 Å². The van der Waals surface area contributed by atoms with E-state index in [-0.39, 0.29) is 18.4 Å². The number of morpholine rings is 1. The summed E-state index contributed by atoms with van der Waals surface area (Å²) in [7, 11) is 1.64. The van der Waals surface area contributed by atoms with E-state index >= 15 is 0 Å². The Morgan fingerprint density at radius 2 is 1.60 bits per heavy atom. The van der Waals surface area contributed by atoms with Crippen LogP contribution in [0.2, 0.25) is 0 Å². The van der Waals surface area contributed by atoms with Crippen LogP contribution in [0.25, 0.3) is 0 Å². The molecule has 3 aromatic carbocycles. The minimum Gasteiger partial charge on any atom is -0.378 e. The first-order chi connectivity index (χ1) is 16.9. The molecule has 182 valence electrons. The second-order valence-electron chi connectivity index (χ2n) is 8.77. The Bertz CT molecular complexity index is 1190. The number of aryl methyl sites for hydroxylation is 1. The summed E-state index contributed by atoms with van der Waals surface area (Å²) in [6, 6.07) is 21.1. The van der Waals surface area contributed by atoms with Gasteiger partial charge in [0.25, 0.3) is 5.91 Å². The SMILES string of the molecule is Cc1cccc(Nc2ccccc2C(=O)N(C)CC(=O)Nc2ccc(N3CCOCC3)cc2)c1C. The minimum atomic E-state index is -0.250. The molecule has 1 aliphatic rings. The smallest absolute Gasteiger partial charge is 0.256 e. The van der Waals surface area contributed by atoms with Crippen molar-refractivity contribution in [1.82, 2.24) is 4.90 Å². The zero-order valence-corrected chi connectivity index (χ0v) is 20.5. The number of nitrogens with zero attached hydrogens (tertiary/aromatic N) is 2. The molecule has 1 fully saturated rings. The van der Waals surface area contributed by atoms with Gasteiger partial charge in [0.05, 0.1) is 31.0 Å². The molecular weight excluding hydrogens is 440 g/mol. The molecule has 0 atom stereocenters. The molecule has 3 aromatic rings. The van der Waals surface area contributed by atoms with Gasteiger partial charge in [0.15, 0.2) is 0 Å². The molecule has 0 unspecified atom stereocenters. The van der Waals surface area contributed by atoms with Crippen molar-refractivity contribution in [3.63, 3.8) is 0 Å². The number of nitrogens with one attached hydrogen (secondary N) is 2. The number of ether oxygens (including phenoxy) is 1. The average Bonchev–Trinajstić information content (AvgIpc) is 2.87. The molecule has 7 heteroatoms. The molecule has 0 aliphatic carbocycles. The molecule has 0 spiro atoms. The van der Waals surface area contributed by atoms with Gasteiger partial charge in [-0.15, -0.1) is 0 Å². The van der Waals surface area contributed by atoms with Crippen molar-refractivity contribution < 1.29 is 14.3 Å². The number of hydrogen-bond donors (Lipinski definition) is 2. The zero-order valence-electron chi connectivity index (χ0n) is 20.5. The van der Waals surface area contributed by atoms with E-state index < -0.39 is 0 Å². The van der Waals surface area contributed by atoms with E-state index in [1.807, 2.05) is 61.5 Å². The molecule has 1 saturated heterocycles. The van der Waals surface area contributed by atoms with Crippen molar-refractivity contribution in [2.24, 2.45) is 0 Å². The van der Waals surface area contributed by atoms with Gasteiger partial charge in [0, 0.05) is 37.2 Å². The van der Waals surface area contributed by atoms with Gasteiger partial charge >= 0.3 is 0 Å². The number of benzene rings is 3. The number of hydrogen-bond acceptors (Lipinski definition) is 5. The van der Waals surface area contributed by atoms with E-state index in [0.717, 1.165) is 43.2 Å². The first-order valence-electron chi connectivity index (χ1n) is 11.8. The van der Waals surface area contributed by atoms with Gasteiger partial charge in [0.1, 0.15) is 0 Å². The molecule has 2 N–H and O–H groups in total. The predicted molar refractivity (Wildman–Crippen MR) is 141 cm³/mol. The Labute approximate surface area is 206 Å². The van der Waals surface area contributed by atoms with E-state index in [2.05, 4.69) is 28.5 Å². The number of carbonyl (C=O) groups is 2. The Balaban J connectivity index is 1.38. The van der Waals surface area contributed by atoms with Crippen LogP contribution >= 0.6 is 0 Å². The molecule has 0 saturated carbocycles. The normalized spacial score (nSPS) is 13.3. The second kappa shape index (κ2) is 11.1. The number of carbonyl (C=O) groups excluding carboxylic acids is 2. The highest BCUT2D eigenvalue weighted by atomic mass is 16.5. The lowest BCUT2D eigenvalue weighted by molar-refractivity contribution is -0.116. The maximum absolute atomic E-state index is 13.2. The van der Waals surface area contributed by atoms with Crippen LogP contribution in [-0.4, -0.2) is 56.6 Å². The molecular formula is C28H32N4O3. The van der Waals surface area contributed by atoms with Crippen LogP contribution in [0.1, 0.15) is 21.5 Å². The van der Waals surface area contributed by atoms with Crippen LogP contribution < -0.4 is 15.5 Å². The summed E-state index contributed by atoms with van der Waals surface area (Å²) >= 11 is 0. The Kier molecular flexibility index (Phi) is 7.67. The van der Waals surface area contributed by atoms with Gasteiger partial charge in [-0.25, -0.2) is 0 Å². The Morgan fingerprint density at radius 3 is 2.34 bits per heavy atom. The summed E-state index contributed by atoms with van der Waals surface area (Å²) in [6.45, 7) is 7.22. The van der Waals surface area contributed by atoms with Crippen LogP contribution in [0.3, 0.4) is 0 Å². The third-order valence-electron chi connectivity index (χ3n) is 6.29. The summed E-state index contributed by atoms with van der Waals surface area (Å²) in [6.07, 6.45) is 0. The Hall–Kier alpha value is -3.84. The van der Waals surface area contributed by atoms with Crippen LogP contribution in [0.15, 0.2) is 66.7 Å². The van der Waals surface area contributed by atoms with E-state index in [1.165, 1.54) is 10.5 Å². The fourth-order valence-electron chi connectivity index (χ4n) is 4.08. The van der Waals surface area contributed by atoms with Crippen LogP contribution in [0, 0.1) is 13.8 Å². The summed E-state index contributed by atoms with van der Waals surface area (Å²) < 4.78 is 5.40. The van der Waals surface area contributed by atoms with Crippen molar-refractivity contribution in [3.8, 4) is 0 Å². The summed E-state index contributed by atoms with van der Waals surface area (Å²) in [5, 5.41) is 6.27. The fraction of sp³-hybridized carbons (Fsp3) is 0.286. The zero-order chi connectivity index (χ0) is 24.8. The lowest BCUT2D eigenvalue weighted by atomic mass is 10.1. The van der Waals surface area contributed by atoms with Crippen molar-refractivity contribution in [1.29, 1.82) is 0 Å². The monoisotopic (exact) mass is 472 g/mol. The van der Waals surface area contributed by atoms with Gasteiger partial charge in [0.2, 0.25) is 5.91 Å². The van der Waals surface area contributed by atoms with Crippen LogP contribution in [-0.2, 0) is 9.53 Å². The molecule has 1 heterocycles. The molecule has 7 nitrogen and oxygen atoms in total. The fourth-order valence-corrected chi connectivity index (χ4v) is 4.08. The summed E-state index contributed by atoms with van der Waals surface area (Å²) in [4.78, 5) is 29.5. The Morgan fingerprint density at radius 1 is 0.914 bits per heavy atom. The molecule has 0 radical (unpaired) electrons. The highest BCUT2D eigenvalue weighted by Gasteiger charge is 2.19. The topological polar surface area (TPSA) is 73.9 Å². The maximum atomic E-state index is 13.2. The van der Waals surface area contributed by atoms with E-state index in [4.69, 9.17) is 4.74 Å². The van der Waals surface area contributed by atoms with Crippen molar-refractivity contribution in [3.05, 3.63) is 83.4 Å². The molecule has 0 bridgehead atoms. The number of anilines is 4. The summed E-state index contributed by atoms with van der Waals surface area (Å²) in [5.74, 6) is -0.476. The van der Waals surface area contributed by atoms with Gasteiger partial charge in [-0.1, -0.05) is 24.3 Å². The molecule has 2 amide bonds. The number of likely N-dealkylation sites (N-methyl/N-ethyl adjacent to an activating group) is 1. The standard InChI is InChI=1S/C28H32N4O3/c1-20-7-6-10-25(21(20)2)30-26-9-5-4-8-24(26)28(34)31(3)19-27(33)29-22-11-13-23(14-12-22)32-15-17-35-18-16-32/h4-14,30H,15-19H2,1-3H3,(H,29,33). The van der Waals surface area contributed by atoms with E-state index in [1.54, 1.807) is 13.1 Å². The van der Waals surface area contributed by atoms with Crippen LogP contribution in [0.5, 0.6) is 0 Å². The van der Waals surface area contributed by atoms with E-state index in [9.17, 15) is 9.59 Å².